The SMILES string of the molecule is Cl.Cn1ccnc1C1CNCCN1CC(=O)NCC1(c2ccccc2)CCOCC1. The summed E-state index contributed by atoms with van der Waals surface area (Å²) in [5.41, 5.74) is 1.24. The standard InChI is InChI=1S/C22H31N5O2.ClH/c1-26-11-10-24-21(26)19-15-23-9-12-27(19)16-20(28)25-17-22(7-13-29-14-8-22)18-5-3-2-4-6-18;/h2-6,10-11,19,23H,7-9,12-17H2,1H3,(H,25,28);1H. The molecule has 2 aromatic rings. The smallest absolute Gasteiger partial charge is 0.234 e. The maximum absolute atomic E-state index is 12.9. The van der Waals surface area contributed by atoms with Crippen molar-refractivity contribution in [2.24, 2.45) is 7.05 Å². The fraction of sp³-hybridized carbons (Fsp3) is 0.545. The number of amides is 1. The van der Waals surface area contributed by atoms with Crippen molar-refractivity contribution >= 4 is 18.3 Å². The minimum atomic E-state index is -0.0439. The molecule has 0 aliphatic carbocycles. The van der Waals surface area contributed by atoms with Crippen LogP contribution in [0.3, 0.4) is 0 Å². The predicted molar refractivity (Wildman–Crippen MR) is 119 cm³/mol. The molecule has 1 amide bonds. The van der Waals surface area contributed by atoms with Crippen LogP contribution in [-0.2, 0) is 22.0 Å². The third-order valence-corrected chi connectivity index (χ3v) is 6.32. The fourth-order valence-corrected chi connectivity index (χ4v) is 4.52. The van der Waals surface area contributed by atoms with Gasteiger partial charge in [0.2, 0.25) is 5.91 Å². The molecule has 1 unspecified atom stereocenters. The summed E-state index contributed by atoms with van der Waals surface area (Å²) in [5.74, 6) is 1.07. The number of rotatable bonds is 6. The van der Waals surface area contributed by atoms with Crippen molar-refractivity contribution in [3.63, 3.8) is 0 Å². The molecule has 0 bridgehead atoms. The van der Waals surface area contributed by atoms with Crippen LogP contribution in [0.4, 0.5) is 0 Å². The van der Waals surface area contributed by atoms with Gasteiger partial charge in [-0.2, -0.15) is 0 Å². The molecule has 1 aromatic heterocycles. The van der Waals surface area contributed by atoms with Crippen LogP contribution in [0.25, 0.3) is 0 Å². The third kappa shape index (κ3) is 5.03. The second kappa shape index (κ2) is 10.4. The monoisotopic (exact) mass is 433 g/mol. The molecule has 164 valence electrons. The topological polar surface area (TPSA) is 71.4 Å². The molecule has 2 saturated heterocycles. The normalized spacial score (nSPS) is 21.6. The van der Waals surface area contributed by atoms with Crippen molar-refractivity contribution in [2.75, 3.05) is 45.9 Å². The van der Waals surface area contributed by atoms with Crippen molar-refractivity contribution in [3.05, 3.63) is 54.1 Å². The van der Waals surface area contributed by atoms with Gasteiger partial charge in [0.1, 0.15) is 5.82 Å². The van der Waals surface area contributed by atoms with Crippen LogP contribution in [-0.4, -0.2) is 66.3 Å². The second-order valence-electron chi connectivity index (χ2n) is 8.12. The summed E-state index contributed by atoms with van der Waals surface area (Å²) < 4.78 is 7.64. The summed E-state index contributed by atoms with van der Waals surface area (Å²) in [7, 11) is 2.00. The number of nitrogens with one attached hydrogen (secondary N) is 2. The first-order valence-electron chi connectivity index (χ1n) is 10.5. The zero-order chi connectivity index (χ0) is 20.1. The Bertz CT molecular complexity index is 807. The van der Waals surface area contributed by atoms with Gasteiger partial charge in [0.05, 0.1) is 12.6 Å². The van der Waals surface area contributed by atoms with Gasteiger partial charge in [-0.1, -0.05) is 30.3 Å². The van der Waals surface area contributed by atoms with E-state index in [1.54, 1.807) is 0 Å². The van der Waals surface area contributed by atoms with Gasteiger partial charge in [-0.25, -0.2) is 4.98 Å². The van der Waals surface area contributed by atoms with E-state index >= 15 is 0 Å². The Morgan fingerprint density at radius 2 is 2.07 bits per heavy atom. The second-order valence-corrected chi connectivity index (χ2v) is 8.12. The summed E-state index contributed by atoms with van der Waals surface area (Å²) >= 11 is 0. The average molecular weight is 434 g/mol. The van der Waals surface area contributed by atoms with Gasteiger partial charge < -0.3 is 19.9 Å². The Hall–Kier alpha value is -1.93. The van der Waals surface area contributed by atoms with E-state index in [1.807, 2.05) is 30.1 Å². The van der Waals surface area contributed by atoms with Gasteiger partial charge in [0.15, 0.2) is 0 Å². The van der Waals surface area contributed by atoms with Crippen molar-refractivity contribution in [1.82, 2.24) is 25.1 Å². The van der Waals surface area contributed by atoms with E-state index in [2.05, 4.69) is 44.8 Å². The third-order valence-electron chi connectivity index (χ3n) is 6.32. The molecule has 2 fully saturated rings. The number of aryl methyl sites for hydroxylation is 1. The van der Waals surface area contributed by atoms with Crippen molar-refractivity contribution in [2.45, 2.75) is 24.3 Å². The molecule has 2 aliphatic rings. The van der Waals surface area contributed by atoms with E-state index in [0.29, 0.717) is 13.1 Å². The molecule has 4 rings (SSSR count). The number of piperazine rings is 1. The van der Waals surface area contributed by atoms with Gasteiger partial charge in [0.25, 0.3) is 0 Å². The highest BCUT2D eigenvalue weighted by Gasteiger charge is 2.35. The van der Waals surface area contributed by atoms with Crippen LogP contribution in [0.1, 0.15) is 30.3 Å². The van der Waals surface area contributed by atoms with Crippen LogP contribution in [0.2, 0.25) is 0 Å². The first-order valence-corrected chi connectivity index (χ1v) is 10.5. The van der Waals surface area contributed by atoms with Gasteiger partial charge in [-0.3, -0.25) is 9.69 Å². The Kier molecular flexibility index (Phi) is 7.88. The molecule has 1 aromatic carbocycles. The molecule has 30 heavy (non-hydrogen) atoms. The first kappa shape index (κ1) is 22.7. The molecule has 0 spiro atoms. The lowest BCUT2D eigenvalue weighted by molar-refractivity contribution is -0.123. The molecule has 2 N–H and O–H groups in total. The minimum absolute atomic E-state index is 0. The lowest BCUT2D eigenvalue weighted by Crippen LogP contribution is -2.52. The lowest BCUT2D eigenvalue weighted by atomic mass is 9.74. The molecule has 7 nitrogen and oxygen atoms in total. The highest BCUT2D eigenvalue weighted by Crippen LogP contribution is 2.34. The van der Waals surface area contributed by atoms with Crippen LogP contribution in [0.5, 0.6) is 0 Å². The summed E-state index contributed by atoms with van der Waals surface area (Å²) in [6, 6.07) is 10.6. The fourth-order valence-electron chi connectivity index (χ4n) is 4.52. The van der Waals surface area contributed by atoms with E-state index in [-0.39, 0.29) is 29.8 Å². The number of nitrogens with zero attached hydrogens (tertiary/aromatic N) is 3. The number of benzene rings is 1. The molecule has 0 saturated carbocycles. The molecule has 3 heterocycles. The van der Waals surface area contributed by atoms with Crippen LogP contribution in [0, 0.1) is 0 Å². The van der Waals surface area contributed by atoms with Gasteiger partial charge in [-0.15, -0.1) is 12.4 Å². The maximum Gasteiger partial charge on any atom is 0.234 e. The van der Waals surface area contributed by atoms with Gasteiger partial charge >= 0.3 is 0 Å². The molecular weight excluding hydrogens is 402 g/mol. The van der Waals surface area contributed by atoms with E-state index in [9.17, 15) is 4.79 Å². The number of ether oxygens (including phenoxy) is 1. The highest BCUT2D eigenvalue weighted by atomic mass is 35.5. The summed E-state index contributed by atoms with van der Waals surface area (Å²) in [5, 5.41) is 6.66. The van der Waals surface area contributed by atoms with Crippen LogP contribution in [0.15, 0.2) is 42.7 Å². The zero-order valence-corrected chi connectivity index (χ0v) is 18.4. The quantitative estimate of drug-likeness (QED) is 0.724. The van der Waals surface area contributed by atoms with Crippen molar-refractivity contribution in [1.29, 1.82) is 0 Å². The molecular formula is C22H32ClN5O2. The first-order chi connectivity index (χ1) is 14.2. The largest absolute Gasteiger partial charge is 0.381 e. The summed E-state index contributed by atoms with van der Waals surface area (Å²) in [4.78, 5) is 19.6. The number of aromatic nitrogens is 2. The van der Waals surface area contributed by atoms with E-state index in [0.717, 1.165) is 51.5 Å². The van der Waals surface area contributed by atoms with E-state index in [4.69, 9.17) is 4.74 Å². The molecule has 1 atom stereocenters. The number of hydrogen-bond acceptors (Lipinski definition) is 5. The Balaban J connectivity index is 0.00000256. The van der Waals surface area contributed by atoms with Gasteiger partial charge in [0, 0.05) is 64.2 Å². The number of carbonyl (C=O) groups is 1. The maximum atomic E-state index is 12.9. The van der Waals surface area contributed by atoms with Crippen molar-refractivity contribution in [3.8, 4) is 0 Å². The average Bonchev–Trinajstić information content (AvgIpc) is 3.20. The number of halogens is 1. The minimum Gasteiger partial charge on any atom is -0.381 e. The van der Waals surface area contributed by atoms with Gasteiger partial charge in [-0.05, 0) is 18.4 Å². The number of hydrogen-bond donors (Lipinski definition) is 2. The number of carbonyl (C=O) groups excluding carboxylic acids is 1. The van der Waals surface area contributed by atoms with E-state index < -0.39 is 0 Å². The molecule has 8 heteroatoms. The van der Waals surface area contributed by atoms with Crippen LogP contribution < -0.4 is 10.6 Å². The summed E-state index contributed by atoms with van der Waals surface area (Å²) in [6.45, 7) is 5.05. The Morgan fingerprint density at radius 3 is 2.77 bits per heavy atom. The van der Waals surface area contributed by atoms with E-state index in [1.165, 1.54) is 5.56 Å². The molecule has 0 radical (unpaired) electrons. The lowest BCUT2D eigenvalue weighted by Gasteiger charge is -2.39. The van der Waals surface area contributed by atoms with Crippen LogP contribution >= 0.6 is 12.4 Å². The highest BCUT2D eigenvalue weighted by molar-refractivity contribution is 5.85. The molecule has 2 aliphatic heterocycles. The Morgan fingerprint density at radius 1 is 1.30 bits per heavy atom. The summed E-state index contributed by atoms with van der Waals surface area (Å²) in [6.07, 6.45) is 5.63. The Labute approximate surface area is 184 Å². The number of imidazole rings is 1. The van der Waals surface area contributed by atoms with Crippen molar-refractivity contribution < 1.29 is 9.53 Å². The zero-order valence-electron chi connectivity index (χ0n) is 17.5. The predicted octanol–water partition coefficient (Wildman–Crippen LogP) is 1.65.